The maximum atomic E-state index is 12.2. The maximum Gasteiger partial charge on any atom is 0.198 e. The van der Waals surface area contributed by atoms with Crippen molar-refractivity contribution < 1.29 is 4.79 Å². The molecule has 0 saturated carbocycles. The van der Waals surface area contributed by atoms with Gasteiger partial charge in [0.2, 0.25) is 0 Å². The summed E-state index contributed by atoms with van der Waals surface area (Å²) < 4.78 is 1.81. The molecule has 0 spiro atoms. The van der Waals surface area contributed by atoms with Crippen LogP contribution in [0, 0.1) is 5.92 Å². The number of Topliss-reactive ketones (excluding diaryl/α,β-unsaturated/α-hetero) is 1. The van der Waals surface area contributed by atoms with Gasteiger partial charge in [0.05, 0.1) is 0 Å². The van der Waals surface area contributed by atoms with Gasteiger partial charge in [0, 0.05) is 38.4 Å². The first-order valence-electron chi connectivity index (χ1n) is 6.82. The number of rotatable bonds is 4. The molecule has 18 heavy (non-hydrogen) atoms. The molecule has 0 aromatic carbocycles. The highest BCUT2D eigenvalue weighted by Crippen LogP contribution is 2.22. The van der Waals surface area contributed by atoms with Gasteiger partial charge in [0.25, 0.3) is 0 Å². The molecule has 1 aromatic rings. The van der Waals surface area contributed by atoms with E-state index in [1.54, 1.807) is 6.20 Å². The van der Waals surface area contributed by atoms with Crippen LogP contribution >= 0.6 is 0 Å². The average molecular weight is 249 g/mol. The molecule has 2 heterocycles. The first-order valence-corrected chi connectivity index (χ1v) is 6.82. The standard InChI is InChI=1S/C14H23N3O/c1-11(2)17-7-4-5-12(10-17)9-13(18)14-15-6-8-16(14)3/h6,8,11-12H,4-5,7,9-10H2,1-3H3/t12-/m0/s1. The van der Waals surface area contributed by atoms with E-state index in [9.17, 15) is 4.79 Å². The number of imidazole rings is 1. The second-order valence-corrected chi connectivity index (χ2v) is 5.59. The van der Waals surface area contributed by atoms with Crippen LogP contribution in [0.15, 0.2) is 12.4 Å². The van der Waals surface area contributed by atoms with E-state index in [-0.39, 0.29) is 5.78 Å². The smallest absolute Gasteiger partial charge is 0.198 e. The molecular weight excluding hydrogens is 226 g/mol. The van der Waals surface area contributed by atoms with Gasteiger partial charge in [-0.1, -0.05) is 0 Å². The summed E-state index contributed by atoms with van der Waals surface area (Å²) in [6, 6.07) is 0.580. The topological polar surface area (TPSA) is 38.1 Å². The molecule has 0 unspecified atom stereocenters. The Bertz CT molecular complexity index is 411. The van der Waals surface area contributed by atoms with Crippen molar-refractivity contribution in [2.75, 3.05) is 13.1 Å². The fourth-order valence-electron chi connectivity index (χ4n) is 2.72. The number of carbonyl (C=O) groups is 1. The fraction of sp³-hybridized carbons (Fsp3) is 0.714. The Morgan fingerprint density at radius 3 is 2.94 bits per heavy atom. The summed E-state index contributed by atoms with van der Waals surface area (Å²) in [5.74, 6) is 1.26. The second kappa shape index (κ2) is 5.65. The molecule has 1 aliphatic heterocycles. The zero-order valence-corrected chi connectivity index (χ0v) is 11.6. The van der Waals surface area contributed by atoms with Crippen molar-refractivity contribution in [3.63, 3.8) is 0 Å². The molecule has 0 aliphatic carbocycles. The van der Waals surface area contributed by atoms with Gasteiger partial charge in [-0.05, 0) is 39.2 Å². The number of aromatic nitrogens is 2. The minimum atomic E-state index is 0.179. The number of ketones is 1. The summed E-state index contributed by atoms with van der Waals surface area (Å²) in [5.41, 5.74) is 0. The zero-order chi connectivity index (χ0) is 13.1. The van der Waals surface area contributed by atoms with Crippen molar-refractivity contribution in [2.45, 2.75) is 39.2 Å². The van der Waals surface area contributed by atoms with Crippen LogP contribution in [0.5, 0.6) is 0 Å². The molecule has 1 fully saturated rings. The van der Waals surface area contributed by atoms with E-state index in [2.05, 4.69) is 23.7 Å². The molecule has 1 atom stereocenters. The second-order valence-electron chi connectivity index (χ2n) is 5.59. The first kappa shape index (κ1) is 13.3. The molecule has 0 N–H and O–H groups in total. The molecule has 1 saturated heterocycles. The monoisotopic (exact) mass is 249 g/mol. The third kappa shape index (κ3) is 2.99. The van der Waals surface area contributed by atoms with Crippen LogP contribution in [0.3, 0.4) is 0 Å². The average Bonchev–Trinajstić information content (AvgIpc) is 2.76. The van der Waals surface area contributed by atoms with Crippen LogP contribution in [0.1, 0.15) is 43.7 Å². The Balaban J connectivity index is 1.93. The van der Waals surface area contributed by atoms with Crippen molar-refractivity contribution in [1.29, 1.82) is 0 Å². The number of likely N-dealkylation sites (tertiary alicyclic amines) is 1. The van der Waals surface area contributed by atoms with E-state index < -0.39 is 0 Å². The Hall–Kier alpha value is -1.16. The van der Waals surface area contributed by atoms with E-state index in [0.29, 0.717) is 24.2 Å². The highest BCUT2D eigenvalue weighted by Gasteiger charge is 2.25. The van der Waals surface area contributed by atoms with E-state index >= 15 is 0 Å². The van der Waals surface area contributed by atoms with Gasteiger partial charge >= 0.3 is 0 Å². The number of nitrogens with zero attached hydrogens (tertiary/aromatic N) is 3. The molecular formula is C14H23N3O. The lowest BCUT2D eigenvalue weighted by Crippen LogP contribution is -2.40. The number of hydrogen-bond donors (Lipinski definition) is 0. The number of carbonyl (C=O) groups excluding carboxylic acids is 1. The van der Waals surface area contributed by atoms with E-state index in [1.165, 1.54) is 19.4 Å². The van der Waals surface area contributed by atoms with Gasteiger partial charge < -0.3 is 9.47 Å². The lowest BCUT2D eigenvalue weighted by Gasteiger charge is -2.35. The van der Waals surface area contributed by atoms with Crippen LogP contribution in [0.25, 0.3) is 0 Å². The van der Waals surface area contributed by atoms with Crippen molar-refractivity contribution in [3.8, 4) is 0 Å². The van der Waals surface area contributed by atoms with Crippen molar-refractivity contribution in [3.05, 3.63) is 18.2 Å². The number of hydrogen-bond acceptors (Lipinski definition) is 3. The molecule has 0 amide bonds. The van der Waals surface area contributed by atoms with Gasteiger partial charge in [-0.3, -0.25) is 4.79 Å². The van der Waals surface area contributed by atoms with Crippen LogP contribution < -0.4 is 0 Å². The Morgan fingerprint density at radius 2 is 2.33 bits per heavy atom. The largest absolute Gasteiger partial charge is 0.332 e. The summed E-state index contributed by atoms with van der Waals surface area (Å²) in [4.78, 5) is 18.8. The first-order chi connectivity index (χ1) is 8.58. The highest BCUT2D eigenvalue weighted by atomic mass is 16.1. The summed E-state index contributed by atoms with van der Waals surface area (Å²) in [7, 11) is 1.88. The SMILES string of the molecule is CC(C)N1CCC[C@@H](CC(=O)c2nccn2C)C1. The summed E-state index contributed by atoms with van der Waals surface area (Å²) in [6.45, 7) is 6.67. The summed E-state index contributed by atoms with van der Waals surface area (Å²) >= 11 is 0. The number of piperidine rings is 1. The van der Waals surface area contributed by atoms with E-state index in [1.807, 2.05) is 17.8 Å². The van der Waals surface area contributed by atoms with Gasteiger partial charge in [-0.15, -0.1) is 0 Å². The highest BCUT2D eigenvalue weighted by molar-refractivity contribution is 5.92. The lowest BCUT2D eigenvalue weighted by atomic mass is 9.92. The molecule has 100 valence electrons. The quantitative estimate of drug-likeness (QED) is 0.767. The molecule has 0 bridgehead atoms. The molecule has 4 nitrogen and oxygen atoms in total. The van der Waals surface area contributed by atoms with Crippen LogP contribution in [-0.2, 0) is 7.05 Å². The Labute approximate surface area is 109 Å². The summed E-state index contributed by atoms with van der Waals surface area (Å²) in [6.07, 6.45) is 6.52. The minimum Gasteiger partial charge on any atom is -0.332 e. The van der Waals surface area contributed by atoms with Gasteiger partial charge in [-0.2, -0.15) is 0 Å². The zero-order valence-electron chi connectivity index (χ0n) is 11.6. The molecule has 2 rings (SSSR count). The van der Waals surface area contributed by atoms with Crippen LogP contribution in [-0.4, -0.2) is 39.4 Å². The minimum absolute atomic E-state index is 0.179. The predicted molar refractivity (Wildman–Crippen MR) is 71.6 cm³/mol. The predicted octanol–water partition coefficient (Wildman–Crippen LogP) is 2.11. The van der Waals surface area contributed by atoms with Crippen LogP contribution in [0.4, 0.5) is 0 Å². The molecule has 1 aromatic heterocycles. The van der Waals surface area contributed by atoms with Crippen molar-refractivity contribution in [1.82, 2.24) is 14.5 Å². The number of aryl methyl sites for hydroxylation is 1. The normalized spacial score (nSPS) is 21.4. The summed E-state index contributed by atoms with van der Waals surface area (Å²) in [5, 5.41) is 0. The third-order valence-electron chi connectivity index (χ3n) is 3.83. The lowest BCUT2D eigenvalue weighted by molar-refractivity contribution is 0.0877. The van der Waals surface area contributed by atoms with Gasteiger partial charge in [0.1, 0.15) is 0 Å². The van der Waals surface area contributed by atoms with E-state index in [0.717, 1.165) is 6.54 Å². The molecule has 4 heteroatoms. The fourth-order valence-corrected chi connectivity index (χ4v) is 2.72. The van der Waals surface area contributed by atoms with Crippen LogP contribution in [0.2, 0.25) is 0 Å². The Morgan fingerprint density at radius 1 is 1.56 bits per heavy atom. The van der Waals surface area contributed by atoms with Gasteiger partial charge in [-0.25, -0.2) is 4.98 Å². The van der Waals surface area contributed by atoms with Crippen molar-refractivity contribution in [2.24, 2.45) is 13.0 Å². The van der Waals surface area contributed by atoms with Gasteiger partial charge in [0.15, 0.2) is 11.6 Å². The third-order valence-corrected chi connectivity index (χ3v) is 3.83. The van der Waals surface area contributed by atoms with Crippen molar-refractivity contribution >= 4 is 5.78 Å². The molecule has 0 radical (unpaired) electrons. The van der Waals surface area contributed by atoms with E-state index in [4.69, 9.17) is 0 Å². The maximum absolute atomic E-state index is 12.2. The molecule has 1 aliphatic rings. The Kier molecular flexibility index (Phi) is 4.17.